The van der Waals surface area contributed by atoms with Gasteiger partial charge in [0.1, 0.15) is 0 Å². The highest BCUT2D eigenvalue weighted by Gasteiger charge is 2.39. The summed E-state index contributed by atoms with van der Waals surface area (Å²) in [7, 11) is 0. The van der Waals surface area contributed by atoms with E-state index in [1.165, 1.54) is 12.1 Å². The molecule has 0 radical (unpaired) electrons. The summed E-state index contributed by atoms with van der Waals surface area (Å²) in [4.78, 5) is 4.09. The lowest BCUT2D eigenvalue weighted by Crippen LogP contribution is -2.19. The first kappa shape index (κ1) is 27.3. The minimum absolute atomic E-state index is 0.0470. The third kappa shape index (κ3) is 7.36. The fraction of sp³-hybridized carbons (Fsp3) is 0.208. The van der Waals surface area contributed by atoms with Gasteiger partial charge < -0.3 is 5.32 Å². The molecule has 2 aromatic carbocycles. The van der Waals surface area contributed by atoms with Crippen molar-refractivity contribution in [3.8, 4) is 0 Å². The largest absolute Gasteiger partial charge is 0.416 e. The van der Waals surface area contributed by atoms with Crippen LogP contribution in [0.25, 0.3) is 6.08 Å². The summed E-state index contributed by atoms with van der Waals surface area (Å²) in [5, 5.41) is 2.46. The molecule has 1 N–H and O–H groups in total. The summed E-state index contributed by atoms with van der Waals surface area (Å²) < 4.78 is 82.2. The van der Waals surface area contributed by atoms with Crippen molar-refractivity contribution in [1.82, 2.24) is 10.3 Å². The Morgan fingerprint density at radius 2 is 1.57 bits per heavy atom. The third-order valence-corrected chi connectivity index (χ3v) is 6.18. The first-order chi connectivity index (χ1) is 16.4. The number of halogens is 9. The molecule has 3 rings (SSSR count). The maximum Gasteiger partial charge on any atom is 0.416 e. The Morgan fingerprint density at radius 1 is 0.886 bits per heavy atom. The predicted octanol–water partition coefficient (Wildman–Crippen LogP) is 8.71. The Kier molecular flexibility index (Phi) is 8.75. The molecule has 0 fully saturated rings. The fourth-order valence-electron chi connectivity index (χ4n) is 3.31. The Bertz CT molecular complexity index is 1170. The van der Waals surface area contributed by atoms with Gasteiger partial charge in [-0.25, -0.2) is 0 Å². The fourth-order valence-corrected chi connectivity index (χ4v) is 3.93. The number of nitrogens with zero attached hydrogens (tertiary/aromatic N) is 1. The maximum absolute atomic E-state index is 13.7. The molecule has 0 spiro atoms. The van der Waals surface area contributed by atoms with Crippen LogP contribution in [0.3, 0.4) is 0 Å². The quantitative estimate of drug-likeness (QED) is 0.234. The van der Waals surface area contributed by atoms with Crippen LogP contribution >= 0.6 is 34.8 Å². The van der Waals surface area contributed by atoms with E-state index < -0.39 is 23.8 Å². The van der Waals surface area contributed by atoms with Gasteiger partial charge in [0.2, 0.25) is 0 Å². The number of hydrogen-bond donors (Lipinski definition) is 1. The number of pyridine rings is 1. The standard InChI is InChI=1S/C24H17Cl3F6N2/c25-20-10-16(11-21(26)22(20)27)18(23(28,29)30)7-5-14-4-6-15(19(9-14)24(31,32)33)12-34-13-17-3-1-2-8-35-17/h1-11,18,34H,12-13H2. The van der Waals surface area contributed by atoms with E-state index in [-0.39, 0.29) is 44.8 Å². The molecule has 0 amide bonds. The van der Waals surface area contributed by atoms with Crippen LogP contribution < -0.4 is 5.32 Å². The summed E-state index contributed by atoms with van der Waals surface area (Å²) in [6, 6.07) is 10.6. The number of aromatic nitrogens is 1. The second kappa shape index (κ2) is 11.2. The van der Waals surface area contributed by atoms with Gasteiger partial charge in [0.15, 0.2) is 0 Å². The zero-order valence-electron chi connectivity index (χ0n) is 17.7. The molecule has 1 atom stereocenters. The van der Waals surface area contributed by atoms with E-state index in [0.717, 1.165) is 30.4 Å². The average molecular weight is 554 g/mol. The minimum atomic E-state index is -4.75. The molecule has 11 heteroatoms. The normalized spacial score (nSPS) is 13.4. The zero-order chi connectivity index (χ0) is 25.8. The number of nitrogens with one attached hydrogen (secondary N) is 1. The number of allylic oxidation sites excluding steroid dienone is 1. The predicted molar refractivity (Wildman–Crippen MR) is 126 cm³/mol. The van der Waals surface area contributed by atoms with E-state index in [1.807, 2.05) is 0 Å². The number of benzene rings is 2. The number of hydrogen-bond acceptors (Lipinski definition) is 2. The molecule has 2 nitrogen and oxygen atoms in total. The van der Waals surface area contributed by atoms with Crippen LogP contribution in [0, 0.1) is 0 Å². The van der Waals surface area contributed by atoms with Gasteiger partial charge in [-0.2, -0.15) is 26.3 Å². The highest BCUT2D eigenvalue weighted by molar-refractivity contribution is 6.48. The second-order valence-electron chi connectivity index (χ2n) is 7.52. The average Bonchev–Trinajstić information content (AvgIpc) is 2.77. The molecule has 1 aromatic heterocycles. The summed E-state index contributed by atoms with van der Waals surface area (Å²) in [6.07, 6.45) is -6.15. The molecule has 0 aliphatic carbocycles. The Morgan fingerprint density at radius 3 is 2.14 bits per heavy atom. The van der Waals surface area contributed by atoms with Crippen molar-refractivity contribution in [2.24, 2.45) is 0 Å². The molecule has 1 unspecified atom stereocenters. The molecule has 186 valence electrons. The maximum atomic E-state index is 13.7. The second-order valence-corrected chi connectivity index (χ2v) is 8.71. The van der Waals surface area contributed by atoms with Gasteiger partial charge in [0, 0.05) is 19.3 Å². The SMILES string of the molecule is FC(F)(F)c1cc(C=CC(c2cc(Cl)c(Cl)c(Cl)c2)C(F)(F)F)ccc1CNCc1ccccn1. The van der Waals surface area contributed by atoms with Crippen molar-refractivity contribution in [2.75, 3.05) is 0 Å². The molecular weight excluding hydrogens is 537 g/mol. The molecule has 0 saturated heterocycles. The first-order valence-corrected chi connectivity index (χ1v) is 11.2. The van der Waals surface area contributed by atoms with Crippen LogP contribution in [-0.2, 0) is 19.3 Å². The first-order valence-electron chi connectivity index (χ1n) is 10.1. The number of alkyl halides is 6. The van der Waals surface area contributed by atoms with Gasteiger partial charge in [-0.1, -0.05) is 65.2 Å². The summed E-state index contributed by atoms with van der Waals surface area (Å²) in [5.41, 5.74) is -0.685. The lowest BCUT2D eigenvalue weighted by atomic mass is 9.96. The van der Waals surface area contributed by atoms with E-state index in [9.17, 15) is 26.3 Å². The van der Waals surface area contributed by atoms with Gasteiger partial charge in [0.05, 0.1) is 32.2 Å². The summed E-state index contributed by atoms with van der Waals surface area (Å²) in [5.74, 6) is -2.16. The van der Waals surface area contributed by atoms with Gasteiger partial charge in [-0.15, -0.1) is 0 Å². The monoisotopic (exact) mass is 552 g/mol. The van der Waals surface area contributed by atoms with Crippen molar-refractivity contribution in [2.45, 2.75) is 31.4 Å². The van der Waals surface area contributed by atoms with Gasteiger partial charge >= 0.3 is 12.4 Å². The molecule has 3 aromatic rings. The van der Waals surface area contributed by atoms with E-state index in [0.29, 0.717) is 5.69 Å². The van der Waals surface area contributed by atoms with Crippen molar-refractivity contribution < 1.29 is 26.3 Å². The molecule has 0 aliphatic heterocycles. The highest BCUT2D eigenvalue weighted by atomic mass is 35.5. The highest BCUT2D eigenvalue weighted by Crippen LogP contribution is 2.41. The van der Waals surface area contributed by atoms with Crippen LogP contribution in [0.15, 0.2) is 60.8 Å². The molecule has 0 aliphatic rings. The lowest BCUT2D eigenvalue weighted by Gasteiger charge is -2.19. The summed E-state index contributed by atoms with van der Waals surface area (Å²) in [6.45, 7) is 0.141. The van der Waals surface area contributed by atoms with Crippen molar-refractivity contribution in [3.05, 3.63) is 104 Å². The van der Waals surface area contributed by atoms with Gasteiger partial charge in [0.25, 0.3) is 0 Å². The van der Waals surface area contributed by atoms with Crippen molar-refractivity contribution in [1.29, 1.82) is 0 Å². The topological polar surface area (TPSA) is 24.9 Å². The van der Waals surface area contributed by atoms with E-state index >= 15 is 0 Å². The molecule has 0 saturated carbocycles. The van der Waals surface area contributed by atoms with Crippen molar-refractivity contribution >= 4 is 40.9 Å². The van der Waals surface area contributed by atoms with Crippen LogP contribution in [0.5, 0.6) is 0 Å². The van der Waals surface area contributed by atoms with Gasteiger partial charge in [-0.05, 0) is 47.0 Å². The number of rotatable bonds is 7. The third-order valence-electron chi connectivity index (χ3n) is 4.99. The van der Waals surface area contributed by atoms with E-state index in [1.54, 1.807) is 24.4 Å². The van der Waals surface area contributed by atoms with Gasteiger partial charge in [-0.3, -0.25) is 4.98 Å². The molecule has 35 heavy (non-hydrogen) atoms. The van der Waals surface area contributed by atoms with Crippen LogP contribution in [0.2, 0.25) is 15.1 Å². The van der Waals surface area contributed by atoms with E-state index in [4.69, 9.17) is 34.8 Å². The molecular formula is C24H17Cl3F6N2. The van der Waals surface area contributed by atoms with Crippen LogP contribution in [0.1, 0.15) is 33.9 Å². The summed E-state index contributed by atoms with van der Waals surface area (Å²) >= 11 is 17.5. The van der Waals surface area contributed by atoms with Crippen LogP contribution in [0.4, 0.5) is 26.3 Å². The van der Waals surface area contributed by atoms with Crippen molar-refractivity contribution in [3.63, 3.8) is 0 Å². The Balaban J connectivity index is 1.87. The Hall–Kier alpha value is -2.26. The zero-order valence-corrected chi connectivity index (χ0v) is 20.0. The Labute approximate surface area is 212 Å². The minimum Gasteiger partial charge on any atom is -0.307 e. The lowest BCUT2D eigenvalue weighted by molar-refractivity contribution is -0.140. The smallest absolute Gasteiger partial charge is 0.307 e. The van der Waals surface area contributed by atoms with Crippen LogP contribution in [-0.4, -0.2) is 11.2 Å². The van der Waals surface area contributed by atoms with E-state index in [2.05, 4.69) is 10.3 Å². The molecule has 0 bridgehead atoms. The molecule has 1 heterocycles.